The van der Waals surface area contributed by atoms with Crippen molar-refractivity contribution in [2.75, 3.05) is 13.2 Å². The van der Waals surface area contributed by atoms with Crippen molar-refractivity contribution in [1.29, 1.82) is 0 Å². The zero-order valence-electron chi connectivity index (χ0n) is 11.3. The number of benzene rings is 1. The summed E-state index contributed by atoms with van der Waals surface area (Å²) < 4.78 is 7.28. The number of pyridine rings is 1. The first-order valence-corrected chi connectivity index (χ1v) is 6.72. The fourth-order valence-corrected chi connectivity index (χ4v) is 2.01. The predicted octanol–water partition coefficient (Wildman–Crippen LogP) is 2.14. The molecule has 1 aromatic heterocycles. The minimum Gasteiger partial charge on any atom is -0.494 e. The molecule has 0 atom stereocenters. The van der Waals surface area contributed by atoms with Crippen molar-refractivity contribution in [2.24, 2.45) is 5.73 Å². The predicted molar refractivity (Wildman–Crippen MR) is 77.7 cm³/mol. The molecule has 0 spiro atoms. The number of rotatable bonds is 6. The standard InChI is InChI=1S/C15H20N2O2/c1-2-3-10-19-13-4-5-14-12(11-13)6-8-17(9-7-16)15(14)18/h4-6,8,11H,2-3,7,9-10,16H2,1H3. The van der Waals surface area contributed by atoms with Gasteiger partial charge in [0.05, 0.1) is 6.61 Å². The number of fused-ring (bicyclic) bond motifs is 1. The van der Waals surface area contributed by atoms with Crippen molar-refractivity contribution in [3.63, 3.8) is 0 Å². The first kappa shape index (κ1) is 13.6. The first-order chi connectivity index (χ1) is 9.26. The van der Waals surface area contributed by atoms with Crippen LogP contribution in [0.1, 0.15) is 19.8 Å². The van der Waals surface area contributed by atoms with E-state index in [0.717, 1.165) is 24.0 Å². The van der Waals surface area contributed by atoms with Crippen molar-refractivity contribution >= 4 is 10.8 Å². The molecule has 2 N–H and O–H groups in total. The maximum atomic E-state index is 12.2. The van der Waals surface area contributed by atoms with E-state index in [1.165, 1.54) is 0 Å². The highest BCUT2D eigenvalue weighted by Crippen LogP contribution is 2.18. The molecule has 2 rings (SSSR count). The van der Waals surface area contributed by atoms with Gasteiger partial charge >= 0.3 is 0 Å². The molecule has 4 nitrogen and oxygen atoms in total. The molecule has 0 radical (unpaired) electrons. The summed E-state index contributed by atoms with van der Waals surface area (Å²) in [6.45, 7) is 3.85. The highest BCUT2D eigenvalue weighted by atomic mass is 16.5. The summed E-state index contributed by atoms with van der Waals surface area (Å²) in [6.07, 6.45) is 3.93. The molecule has 2 aromatic rings. The Morgan fingerprint density at radius 3 is 2.89 bits per heavy atom. The molecule has 102 valence electrons. The molecule has 0 amide bonds. The number of hydrogen-bond donors (Lipinski definition) is 1. The maximum Gasteiger partial charge on any atom is 0.258 e. The number of aromatic nitrogens is 1. The van der Waals surface area contributed by atoms with Crippen molar-refractivity contribution in [1.82, 2.24) is 4.57 Å². The summed E-state index contributed by atoms with van der Waals surface area (Å²) in [4.78, 5) is 12.2. The Bertz CT molecular complexity index is 605. The number of ether oxygens (including phenoxy) is 1. The van der Waals surface area contributed by atoms with Crippen molar-refractivity contribution in [2.45, 2.75) is 26.3 Å². The molecule has 0 aliphatic heterocycles. The molecule has 0 aliphatic rings. The van der Waals surface area contributed by atoms with Gasteiger partial charge in [-0.2, -0.15) is 0 Å². The maximum absolute atomic E-state index is 12.2. The third-order valence-electron chi connectivity index (χ3n) is 3.08. The lowest BCUT2D eigenvalue weighted by Crippen LogP contribution is -2.23. The summed E-state index contributed by atoms with van der Waals surface area (Å²) in [5, 5.41) is 1.62. The largest absolute Gasteiger partial charge is 0.494 e. The number of hydrogen-bond acceptors (Lipinski definition) is 3. The van der Waals surface area contributed by atoms with Gasteiger partial charge < -0.3 is 15.0 Å². The van der Waals surface area contributed by atoms with Gasteiger partial charge in [0.1, 0.15) is 5.75 Å². The molecular weight excluding hydrogens is 240 g/mol. The number of nitrogens with zero attached hydrogens (tertiary/aromatic N) is 1. The topological polar surface area (TPSA) is 57.2 Å². The second-order valence-corrected chi connectivity index (χ2v) is 4.55. The van der Waals surface area contributed by atoms with E-state index in [1.54, 1.807) is 10.8 Å². The van der Waals surface area contributed by atoms with Crippen molar-refractivity contribution in [3.05, 3.63) is 40.8 Å². The summed E-state index contributed by atoms with van der Waals surface area (Å²) in [5.74, 6) is 0.817. The molecule has 0 unspecified atom stereocenters. The van der Waals surface area contributed by atoms with Crippen LogP contribution in [-0.4, -0.2) is 17.7 Å². The molecule has 0 fully saturated rings. The van der Waals surface area contributed by atoms with Gasteiger partial charge in [0.2, 0.25) is 0 Å². The van der Waals surface area contributed by atoms with Crippen LogP contribution in [-0.2, 0) is 6.54 Å². The molecule has 1 heterocycles. The normalized spacial score (nSPS) is 10.8. The fraction of sp³-hybridized carbons (Fsp3) is 0.400. The monoisotopic (exact) mass is 260 g/mol. The van der Waals surface area contributed by atoms with E-state index < -0.39 is 0 Å². The van der Waals surface area contributed by atoms with Gasteiger partial charge in [-0.3, -0.25) is 4.79 Å². The van der Waals surface area contributed by atoms with Crippen molar-refractivity contribution < 1.29 is 4.74 Å². The Morgan fingerprint density at radius 2 is 2.16 bits per heavy atom. The lowest BCUT2D eigenvalue weighted by atomic mass is 10.1. The molecular formula is C15H20N2O2. The highest BCUT2D eigenvalue weighted by molar-refractivity contribution is 5.82. The van der Waals surface area contributed by atoms with Crippen LogP contribution in [0, 0.1) is 0 Å². The van der Waals surface area contributed by atoms with E-state index in [2.05, 4.69) is 6.92 Å². The Morgan fingerprint density at radius 1 is 1.32 bits per heavy atom. The van der Waals surface area contributed by atoms with E-state index in [1.807, 2.05) is 24.3 Å². The Labute approximate surface area is 112 Å². The Hall–Kier alpha value is -1.81. The molecule has 19 heavy (non-hydrogen) atoms. The van der Waals surface area contributed by atoms with E-state index in [9.17, 15) is 4.79 Å². The van der Waals surface area contributed by atoms with Gasteiger partial charge in [-0.25, -0.2) is 0 Å². The molecule has 0 saturated heterocycles. The van der Waals surface area contributed by atoms with Gasteiger partial charge in [0, 0.05) is 24.7 Å². The highest BCUT2D eigenvalue weighted by Gasteiger charge is 2.03. The summed E-state index contributed by atoms with van der Waals surface area (Å²) >= 11 is 0. The van der Waals surface area contributed by atoms with Crippen LogP contribution in [0.4, 0.5) is 0 Å². The average molecular weight is 260 g/mol. The van der Waals surface area contributed by atoms with Crippen LogP contribution in [0.2, 0.25) is 0 Å². The third-order valence-corrected chi connectivity index (χ3v) is 3.08. The van der Waals surface area contributed by atoms with Gasteiger partial charge in [0.25, 0.3) is 5.56 Å². The van der Waals surface area contributed by atoms with Gasteiger partial charge in [-0.05, 0) is 36.1 Å². The summed E-state index contributed by atoms with van der Waals surface area (Å²) in [5.41, 5.74) is 5.49. The lowest BCUT2D eigenvalue weighted by Gasteiger charge is -2.08. The van der Waals surface area contributed by atoms with E-state index in [4.69, 9.17) is 10.5 Å². The van der Waals surface area contributed by atoms with Crippen LogP contribution in [0.15, 0.2) is 35.3 Å². The second-order valence-electron chi connectivity index (χ2n) is 4.55. The van der Waals surface area contributed by atoms with Crippen LogP contribution in [0.5, 0.6) is 5.75 Å². The molecule has 0 bridgehead atoms. The van der Waals surface area contributed by atoms with Crippen LogP contribution in [0.3, 0.4) is 0 Å². The van der Waals surface area contributed by atoms with Crippen LogP contribution in [0.25, 0.3) is 10.8 Å². The Balaban J connectivity index is 2.29. The van der Waals surface area contributed by atoms with Gasteiger partial charge in [-0.1, -0.05) is 13.3 Å². The fourth-order valence-electron chi connectivity index (χ4n) is 2.01. The van der Waals surface area contributed by atoms with Crippen LogP contribution < -0.4 is 16.0 Å². The van der Waals surface area contributed by atoms with Gasteiger partial charge in [-0.15, -0.1) is 0 Å². The molecule has 1 aromatic carbocycles. The minimum atomic E-state index is 0.00283. The summed E-state index contributed by atoms with van der Waals surface area (Å²) in [7, 11) is 0. The SMILES string of the molecule is CCCCOc1ccc2c(=O)n(CCN)ccc2c1. The zero-order valence-corrected chi connectivity index (χ0v) is 11.3. The molecule has 0 saturated carbocycles. The Kier molecular flexibility index (Phi) is 4.58. The van der Waals surface area contributed by atoms with E-state index >= 15 is 0 Å². The summed E-state index contributed by atoms with van der Waals surface area (Å²) in [6, 6.07) is 7.52. The lowest BCUT2D eigenvalue weighted by molar-refractivity contribution is 0.310. The van der Waals surface area contributed by atoms with Crippen LogP contribution >= 0.6 is 0 Å². The van der Waals surface area contributed by atoms with E-state index in [0.29, 0.717) is 25.1 Å². The quantitative estimate of drug-likeness (QED) is 0.810. The molecule has 0 aliphatic carbocycles. The number of unbranched alkanes of at least 4 members (excludes halogenated alkanes) is 1. The molecule has 4 heteroatoms. The zero-order chi connectivity index (χ0) is 13.7. The van der Waals surface area contributed by atoms with E-state index in [-0.39, 0.29) is 5.56 Å². The van der Waals surface area contributed by atoms with Gasteiger partial charge in [0.15, 0.2) is 0 Å². The third kappa shape index (κ3) is 3.15. The average Bonchev–Trinajstić information content (AvgIpc) is 2.42. The smallest absolute Gasteiger partial charge is 0.258 e. The second kappa shape index (κ2) is 6.38. The minimum absolute atomic E-state index is 0.00283. The number of nitrogens with two attached hydrogens (primary N) is 1. The first-order valence-electron chi connectivity index (χ1n) is 6.72. The van der Waals surface area contributed by atoms with Crippen molar-refractivity contribution in [3.8, 4) is 5.75 Å².